The Kier molecular flexibility index (Phi) is 32.7. The van der Waals surface area contributed by atoms with Gasteiger partial charge in [-0.05, 0) is 19.3 Å². The highest BCUT2D eigenvalue weighted by molar-refractivity contribution is 5.77. The molecule has 1 fully saturated rings. The van der Waals surface area contributed by atoms with E-state index in [0.29, 0.717) is 52.5 Å². The summed E-state index contributed by atoms with van der Waals surface area (Å²) in [5.41, 5.74) is 3.33. The van der Waals surface area contributed by atoms with Crippen LogP contribution in [0.4, 0.5) is 0 Å². The first-order valence-corrected chi connectivity index (χ1v) is 21.4. The van der Waals surface area contributed by atoms with Gasteiger partial charge < -0.3 is 19.9 Å². The summed E-state index contributed by atoms with van der Waals surface area (Å²) in [7, 11) is 0. The minimum absolute atomic E-state index is 0.0227. The number of rotatable bonds is 34. The molecule has 1 atom stereocenters. The zero-order valence-electron chi connectivity index (χ0n) is 33.2. The lowest BCUT2D eigenvalue weighted by atomic mass is 10.1. The fraction of sp³-hybridized carbons (Fsp3) is 0.927. The van der Waals surface area contributed by atoms with Crippen molar-refractivity contribution in [2.45, 2.75) is 187 Å². The quantitative estimate of drug-likeness (QED) is 0.0441. The molecule has 0 bridgehead atoms. The van der Waals surface area contributed by atoms with E-state index in [1.807, 2.05) is 9.91 Å². The molecule has 300 valence electrons. The van der Waals surface area contributed by atoms with Gasteiger partial charge in [-0.1, -0.05) is 155 Å². The molecule has 0 aromatic heterocycles. The van der Waals surface area contributed by atoms with Crippen LogP contribution in [0.5, 0.6) is 0 Å². The molecule has 1 aliphatic rings. The van der Waals surface area contributed by atoms with Gasteiger partial charge in [0.05, 0.1) is 19.8 Å². The average molecular weight is 725 g/mol. The van der Waals surface area contributed by atoms with Crippen molar-refractivity contribution < 1.29 is 29.0 Å². The number of ether oxygens (including phenoxy) is 2. The van der Waals surface area contributed by atoms with Crippen LogP contribution in [0.2, 0.25) is 0 Å². The van der Waals surface area contributed by atoms with Gasteiger partial charge in [-0.15, -0.1) is 0 Å². The van der Waals surface area contributed by atoms with Gasteiger partial charge in [0.15, 0.2) is 0 Å². The Balaban J connectivity index is 2.40. The lowest BCUT2D eigenvalue weighted by Crippen LogP contribution is -2.52. The van der Waals surface area contributed by atoms with E-state index in [4.69, 9.17) is 9.47 Å². The number of carboxylic acid groups (broad SMARTS) is 1. The molecule has 0 amide bonds. The van der Waals surface area contributed by atoms with E-state index in [2.05, 4.69) is 24.6 Å². The van der Waals surface area contributed by atoms with Crippen LogP contribution < -0.4 is 10.7 Å². The summed E-state index contributed by atoms with van der Waals surface area (Å²) in [6, 6.07) is -0.671. The van der Waals surface area contributed by atoms with E-state index in [0.717, 1.165) is 32.1 Å². The van der Waals surface area contributed by atoms with Crippen LogP contribution in [-0.4, -0.2) is 98.0 Å². The number of unbranched alkanes of at least 4 members (excludes halogenated alkanes) is 22. The van der Waals surface area contributed by atoms with Crippen LogP contribution in [0.15, 0.2) is 0 Å². The second kappa shape index (κ2) is 35.3. The van der Waals surface area contributed by atoms with E-state index in [9.17, 15) is 19.5 Å². The third-order valence-corrected chi connectivity index (χ3v) is 9.97. The lowest BCUT2D eigenvalue weighted by molar-refractivity contribution is -0.149. The largest absolute Gasteiger partial charge is 0.480 e. The van der Waals surface area contributed by atoms with Gasteiger partial charge >= 0.3 is 17.9 Å². The number of aliphatic carboxylic acids is 1. The van der Waals surface area contributed by atoms with Gasteiger partial charge in [-0.2, -0.15) is 0 Å². The van der Waals surface area contributed by atoms with Crippen molar-refractivity contribution in [3.8, 4) is 0 Å². The fourth-order valence-corrected chi connectivity index (χ4v) is 6.68. The number of hydrogen-bond acceptors (Lipinski definition) is 9. The van der Waals surface area contributed by atoms with E-state index >= 15 is 0 Å². The van der Waals surface area contributed by atoms with Gasteiger partial charge in [0, 0.05) is 45.7 Å². The number of carbonyl (C=O) groups is 3. The Morgan fingerprint density at radius 3 is 1.55 bits per heavy atom. The molecule has 0 aromatic rings. The molecule has 0 unspecified atom stereocenters. The summed E-state index contributed by atoms with van der Waals surface area (Å²) in [5.74, 6) is -1.48. The summed E-state index contributed by atoms with van der Waals surface area (Å²) in [6.07, 6.45) is 30.5. The first-order chi connectivity index (χ1) is 25.0. The molecule has 1 rings (SSSR count). The van der Waals surface area contributed by atoms with Gasteiger partial charge in [-0.25, -0.2) is 10.4 Å². The van der Waals surface area contributed by atoms with Crippen molar-refractivity contribution >= 4 is 17.9 Å². The zero-order valence-corrected chi connectivity index (χ0v) is 33.2. The third-order valence-electron chi connectivity index (χ3n) is 9.97. The topological polar surface area (TPSA) is 120 Å². The third kappa shape index (κ3) is 30.4. The van der Waals surface area contributed by atoms with Crippen molar-refractivity contribution in [2.24, 2.45) is 0 Å². The molecule has 1 aliphatic heterocycles. The van der Waals surface area contributed by atoms with Gasteiger partial charge in [0.25, 0.3) is 0 Å². The molecule has 1 heterocycles. The minimum Gasteiger partial charge on any atom is -0.480 e. The van der Waals surface area contributed by atoms with Crippen molar-refractivity contribution in [2.75, 3.05) is 59.0 Å². The van der Waals surface area contributed by atoms with Crippen molar-refractivity contribution in [3.63, 3.8) is 0 Å². The van der Waals surface area contributed by atoms with Gasteiger partial charge in [0.2, 0.25) is 0 Å². The molecule has 1 saturated heterocycles. The molecule has 0 radical (unpaired) electrons. The van der Waals surface area contributed by atoms with Crippen molar-refractivity contribution in [1.82, 2.24) is 20.7 Å². The van der Waals surface area contributed by atoms with Crippen LogP contribution in [0.25, 0.3) is 0 Å². The minimum atomic E-state index is -0.852. The number of hydrogen-bond donors (Lipinski definition) is 3. The summed E-state index contributed by atoms with van der Waals surface area (Å²) in [5, 5.41) is 14.6. The van der Waals surface area contributed by atoms with Crippen LogP contribution in [0, 0.1) is 0 Å². The number of hydrazine groups is 1. The number of esters is 2. The van der Waals surface area contributed by atoms with E-state index in [1.165, 1.54) is 122 Å². The average Bonchev–Trinajstić information content (AvgIpc) is 3.22. The maximum Gasteiger partial charge on any atom is 0.324 e. The highest BCUT2D eigenvalue weighted by Crippen LogP contribution is 2.14. The first kappa shape index (κ1) is 47.3. The number of nitrogens with one attached hydrogen (secondary N) is 2. The van der Waals surface area contributed by atoms with E-state index in [1.54, 1.807) is 0 Å². The Morgan fingerprint density at radius 1 is 0.608 bits per heavy atom. The summed E-state index contributed by atoms with van der Waals surface area (Å²) in [6.45, 7) is 9.12. The number of nitrogens with zero attached hydrogens (tertiary/aromatic N) is 2. The molecule has 0 aromatic carbocycles. The molecular weight excluding hydrogens is 644 g/mol. The molecule has 0 spiro atoms. The predicted molar refractivity (Wildman–Crippen MR) is 209 cm³/mol. The predicted octanol–water partition coefficient (Wildman–Crippen LogP) is 8.42. The lowest BCUT2D eigenvalue weighted by Gasteiger charge is -2.29. The number of carboxylic acids is 1. The monoisotopic (exact) mass is 725 g/mol. The maximum atomic E-state index is 13.3. The molecule has 0 saturated carbocycles. The van der Waals surface area contributed by atoms with Crippen LogP contribution in [0.3, 0.4) is 0 Å². The second-order valence-electron chi connectivity index (χ2n) is 14.8. The van der Waals surface area contributed by atoms with Crippen molar-refractivity contribution in [3.05, 3.63) is 0 Å². The summed E-state index contributed by atoms with van der Waals surface area (Å²) in [4.78, 5) is 39.2. The molecule has 3 N–H and O–H groups in total. The van der Waals surface area contributed by atoms with Crippen LogP contribution >= 0.6 is 0 Å². The molecular formula is C41H80N4O6. The normalized spacial score (nSPS) is 15.2. The Labute approximate surface area is 312 Å². The second-order valence-corrected chi connectivity index (χ2v) is 14.8. The van der Waals surface area contributed by atoms with Crippen LogP contribution in [0.1, 0.15) is 181 Å². The van der Waals surface area contributed by atoms with Gasteiger partial charge in [-0.3, -0.25) is 19.3 Å². The zero-order chi connectivity index (χ0) is 37.0. The summed E-state index contributed by atoms with van der Waals surface area (Å²) >= 11 is 0. The molecule has 10 heteroatoms. The Bertz CT molecular complexity index is 832. The fourth-order valence-electron chi connectivity index (χ4n) is 6.68. The maximum absolute atomic E-state index is 13.3. The molecule has 51 heavy (non-hydrogen) atoms. The van der Waals surface area contributed by atoms with Crippen molar-refractivity contribution in [1.29, 1.82) is 0 Å². The Hall–Kier alpha value is -1.75. The smallest absolute Gasteiger partial charge is 0.324 e. The SMILES string of the molecule is CCCCCCCCCCCCCCOC(=O)CC[C@H](NN1CCNCCN(CC(=O)O)CC1)C(=O)OCCCCCCCCCCCCCC. The van der Waals surface area contributed by atoms with E-state index in [-0.39, 0.29) is 31.3 Å². The molecule has 0 aliphatic carbocycles. The van der Waals surface area contributed by atoms with Gasteiger partial charge in [0.1, 0.15) is 6.04 Å². The Morgan fingerprint density at radius 2 is 1.06 bits per heavy atom. The summed E-state index contributed by atoms with van der Waals surface area (Å²) < 4.78 is 11.3. The highest BCUT2D eigenvalue weighted by atomic mass is 16.5. The highest BCUT2D eigenvalue weighted by Gasteiger charge is 2.25. The molecule has 10 nitrogen and oxygen atoms in total. The standard InChI is InChI=1S/C41H80N4O6/c1-3-5-7-9-11-13-15-17-19-21-23-25-35-50-40(48)28-27-38(43-45-32-30-42-29-31-44(33-34-45)37-39(46)47)41(49)51-36-26-24-22-20-18-16-14-12-10-8-6-4-2/h38,42-43H,3-37H2,1-2H3,(H,46,47)/t38-/m0/s1. The van der Waals surface area contributed by atoms with E-state index < -0.39 is 12.0 Å². The first-order valence-electron chi connectivity index (χ1n) is 21.4. The number of carbonyl (C=O) groups excluding carboxylic acids is 2. The van der Waals surface area contributed by atoms with Crippen LogP contribution in [-0.2, 0) is 23.9 Å².